The average molecular weight is 563 g/mol. The number of aromatic nitrogens is 4. The SMILES string of the molecule is CN(C)CCNC(=O)c1cc(CNc2nc3c(N)ncnc3n2[C@@H]2O[C@H](CO)[C@@H](O)[C@H]2O)ccc1-c1ccccc1. The van der Waals surface area contributed by atoms with E-state index in [-0.39, 0.29) is 35.4 Å². The van der Waals surface area contributed by atoms with Crippen LogP contribution in [0.1, 0.15) is 22.1 Å². The summed E-state index contributed by atoms with van der Waals surface area (Å²) in [5, 5.41) is 36.9. The fourth-order valence-corrected chi connectivity index (χ4v) is 4.81. The van der Waals surface area contributed by atoms with Crippen molar-refractivity contribution >= 4 is 28.8 Å². The van der Waals surface area contributed by atoms with Crippen molar-refractivity contribution in [1.29, 1.82) is 0 Å². The number of hydrogen-bond donors (Lipinski definition) is 6. The van der Waals surface area contributed by atoms with Crippen molar-refractivity contribution in [1.82, 2.24) is 29.7 Å². The molecule has 4 atom stereocenters. The minimum Gasteiger partial charge on any atom is -0.394 e. The third-order valence-corrected chi connectivity index (χ3v) is 6.99. The van der Waals surface area contributed by atoms with Crippen LogP contribution >= 0.6 is 0 Å². The van der Waals surface area contributed by atoms with Crippen LogP contribution in [0, 0.1) is 0 Å². The zero-order chi connectivity index (χ0) is 29.1. The minimum absolute atomic E-state index is 0.132. The first-order chi connectivity index (χ1) is 19.8. The highest BCUT2D eigenvalue weighted by Crippen LogP contribution is 2.35. The van der Waals surface area contributed by atoms with Crippen LogP contribution in [0.5, 0.6) is 0 Å². The van der Waals surface area contributed by atoms with Crippen LogP contribution in [-0.2, 0) is 11.3 Å². The van der Waals surface area contributed by atoms with Crippen molar-refractivity contribution in [2.75, 3.05) is 44.8 Å². The number of fused-ring (bicyclic) bond motifs is 1. The smallest absolute Gasteiger partial charge is 0.251 e. The number of nitrogens with two attached hydrogens (primary N) is 1. The molecule has 1 fully saturated rings. The summed E-state index contributed by atoms with van der Waals surface area (Å²) in [6.45, 7) is 0.975. The van der Waals surface area contributed by atoms with E-state index in [1.165, 1.54) is 10.9 Å². The summed E-state index contributed by atoms with van der Waals surface area (Å²) in [6.07, 6.45) is -3.48. The Hall–Kier alpha value is -4.14. The number of imidazole rings is 1. The number of benzene rings is 2. The maximum Gasteiger partial charge on any atom is 0.251 e. The van der Waals surface area contributed by atoms with Crippen LogP contribution in [0.15, 0.2) is 54.9 Å². The molecule has 41 heavy (non-hydrogen) atoms. The number of likely N-dealkylation sites (N-methyl/N-ethyl adjacent to an activating group) is 1. The highest BCUT2D eigenvalue weighted by Gasteiger charge is 2.45. The largest absolute Gasteiger partial charge is 0.394 e. The Morgan fingerprint density at radius 1 is 1.12 bits per heavy atom. The van der Waals surface area contributed by atoms with Crippen molar-refractivity contribution in [2.24, 2.45) is 0 Å². The second-order valence-corrected chi connectivity index (χ2v) is 10.1. The van der Waals surface area contributed by atoms with Gasteiger partial charge in [0.2, 0.25) is 5.95 Å². The van der Waals surface area contributed by atoms with Gasteiger partial charge < -0.3 is 41.3 Å². The molecule has 0 spiro atoms. The molecule has 0 aliphatic carbocycles. The summed E-state index contributed by atoms with van der Waals surface area (Å²) in [4.78, 5) is 28.1. The van der Waals surface area contributed by atoms with Gasteiger partial charge >= 0.3 is 0 Å². The molecule has 0 bridgehead atoms. The van der Waals surface area contributed by atoms with E-state index in [9.17, 15) is 20.1 Å². The molecule has 1 aliphatic heterocycles. The number of nitrogen functional groups attached to an aromatic ring is 1. The maximum absolute atomic E-state index is 13.3. The van der Waals surface area contributed by atoms with E-state index >= 15 is 0 Å². The Morgan fingerprint density at radius 2 is 1.90 bits per heavy atom. The number of nitrogens with zero attached hydrogens (tertiary/aromatic N) is 5. The first-order valence-electron chi connectivity index (χ1n) is 13.2. The molecule has 1 saturated heterocycles. The van der Waals surface area contributed by atoms with Gasteiger partial charge in [-0.25, -0.2) is 15.0 Å². The second kappa shape index (κ2) is 12.2. The fourth-order valence-electron chi connectivity index (χ4n) is 4.81. The summed E-state index contributed by atoms with van der Waals surface area (Å²) in [5.74, 6) is 0.202. The number of amides is 1. The van der Waals surface area contributed by atoms with E-state index in [0.717, 1.165) is 16.7 Å². The molecule has 216 valence electrons. The number of aliphatic hydroxyl groups excluding tert-OH is 3. The molecular weight excluding hydrogens is 528 g/mol. The topological polar surface area (TPSA) is 184 Å². The van der Waals surface area contributed by atoms with Crippen LogP contribution in [0.2, 0.25) is 0 Å². The number of rotatable bonds is 10. The van der Waals surface area contributed by atoms with E-state index in [4.69, 9.17) is 10.5 Å². The first kappa shape index (κ1) is 28.4. The molecule has 0 unspecified atom stereocenters. The Bertz CT molecular complexity index is 1510. The van der Waals surface area contributed by atoms with Crippen molar-refractivity contribution in [2.45, 2.75) is 31.1 Å². The number of hydrogen-bond acceptors (Lipinski definition) is 11. The maximum atomic E-state index is 13.3. The molecule has 3 heterocycles. The molecular formula is C28H34N8O5. The van der Waals surface area contributed by atoms with Crippen LogP contribution < -0.4 is 16.4 Å². The van der Waals surface area contributed by atoms with Gasteiger partial charge in [-0.3, -0.25) is 9.36 Å². The third kappa shape index (κ3) is 5.85. The van der Waals surface area contributed by atoms with Gasteiger partial charge in [-0.2, -0.15) is 0 Å². The van der Waals surface area contributed by atoms with Crippen molar-refractivity contribution in [3.63, 3.8) is 0 Å². The fraction of sp³-hybridized carbons (Fsp3) is 0.357. The second-order valence-electron chi connectivity index (χ2n) is 10.1. The van der Waals surface area contributed by atoms with Gasteiger partial charge in [0.25, 0.3) is 5.91 Å². The third-order valence-electron chi connectivity index (χ3n) is 6.99. The number of anilines is 2. The predicted octanol–water partition coefficient (Wildman–Crippen LogP) is 0.591. The molecule has 5 rings (SSSR count). The zero-order valence-electron chi connectivity index (χ0n) is 22.8. The number of nitrogens with one attached hydrogen (secondary N) is 2. The lowest BCUT2D eigenvalue weighted by Gasteiger charge is -2.20. The molecule has 2 aromatic heterocycles. The van der Waals surface area contributed by atoms with E-state index in [2.05, 4.69) is 25.6 Å². The number of carbonyl (C=O) groups excluding carboxylic acids is 1. The quantitative estimate of drug-likeness (QED) is 0.159. The molecule has 1 aliphatic rings. The molecule has 2 aromatic carbocycles. The summed E-state index contributed by atoms with van der Waals surface area (Å²) in [6, 6.07) is 15.3. The lowest BCUT2D eigenvalue weighted by Crippen LogP contribution is -2.33. The van der Waals surface area contributed by atoms with Crippen LogP contribution in [0.25, 0.3) is 22.3 Å². The van der Waals surface area contributed by atoms with Crippen LogP contribution in [0.4, 0.5) is 11.8 Å². The molecule has 4 aromatic rings. The lowest BCUT2D eigenvalue weighted by atomic mass is 9.97. The molecule has 13 heteroatoms. The van der Waals surface area contributed by atoms with Crippen molar-refractivity contribution in [3.8, 4) is 11.1 Å². The van der Waals surface area contributed by atoms with Gasteiger partial charge in [0.15, 0.2) is 23.2 Å². The van der Waals surface area contributed by atoms with E-state index < -0.39 is 31.1 Å². The lowest BCUT2D eigenvalue weighted by molar-refractivity contribution is -0.0501. The van der Waals surface area contributed by atoms with Gasteiger partial charge in [0.05, 0.1) is 6.61 Å². The summed E-state index contributed by atoms with van der Waals surface area (Å²) in [5.41, 5.74) is 9.67. The van der Waals surface area contributed by atoms with Gasteiger partial charge in [0.1, 0.15) is 24.6 Å². The number of ether oxygens (including phenoxy) is 1. The highest BCUT2D eigenvalue weighted by molar-refractivity contribution is 6.01. The Labute approximate surface area is 236 Å². The monoisotopic (exact) mass is 562 g/mol. The Balaban J connectivity index is 1.46. The summed E-state index contributed by atoms with van der Waals surface area (Å²) >= 11 is 0. The van der Waals surface area contributed by atoms with E-state index in [1.54, 1.807) is 0 Å². The van der Waals surface area contributed by atoms with E-state index in [0.29, 0.717) is 18.7 Å². The minimum atomic E-state index is -1.36. The van der Waals surface area contributed by atoms with Crippen LogP contribution in [-0.4, -0.2) is 97.7 Å². The zero-order valence-corrected chi connectivity index (χ0v) is 22.8. The average Bonchev–Trinajstić information content (AvgIpc) is 3.48. The highest BCUT2D eigenvalue weighted by atomic mass is 16.6. The van der Waals surface area contributed by atoms with Gasteiger partial charge in [-0.05, 0) is 36.9 Å². The Morgan fingerprint density at radius 3 is 2.61 bits per heavy atom. The molecule has 1 amide bonds. The summed E-state index contributed by atoms with van der Waals surface area (Å²) < 4.78 is 7.26. The number of carbonyl (C=O) groups is 1. The molecule has 7 N–H and O–H groups in total. The summed E-state index contributed by atoms with van der Waals surface area (Å²) in [7, 11) is 3.89. The molecule has 13 nitrogen and oxygen atoms in total. The molecule has 0 radical (unpaired) electrons. The number of aliphatic hydroxyl groups is 3. The van der Waals surface area contributed by atoms with Crippen LogP contribution in [0.3, 0.4) is 0 Å². The predicted molar refractivity (Wildman–Crippen MR) is 153 cm³/mol. The van der Waals surface area contributed by atoms with Crippen molar-refractivity contribution in [3.05, 3.63) is 66.0 Å². The first-order valence-corrected chi connectivity index (χ1v) is 13.2. The van der Waals surface area contributed by atoms with E-state index in [1.807, 2.05) is 67.5 Å². The molecule has 0 saturated carbocycles. The van der Waals surface area contributed by atoms with Crippen molar-refractivity contribution < 1.29 is 24.9 Å². The van der Waals surface area contributed by atoms with Gasteiger partial charge in [-0.15, -0.1) is 0 Å². The normalized spacial score (nSPS) is 20.5. The standard InChI is InChI=1S/C28H34N8O5/c1-35(2)11-10-30-26(40)19-12-16(8-9-18(19)17-6-4-3-5-7-17)13-31-28-34-21-24(29)32-15-33-25(21)36(28)27-23(39)22(38)20(14-37)41-27/h3-9,12,15,20,22-23,27,37-39H,10-11,13-14H2,1-2H3,(H,30,40)(H,31,34)(H2,29,32,33)/t20-,22-,23-,27-/m1/s1. The Kier molecular flexibility index (Phi) is 8.42. The van der Waals surface area contributed by atoms with Gasteiger partial charge in [0, 0.05) is 25.2 Å². The van der Waals surface area contributed by atoms with Gasteiger partial charge in [-0.1, -0.05) is 42.5 Å².